The molecule has 1 heterocycles. The summed E-state index contributed by atoms with van der Waals surface area (Å²) >= 11 is 0. The van der Waals surface area contributed by atoms with Crippen LogP contribution >= 0.6 is 0 Å². The van der Waals surface area contributed by atoms with Gasteiger partial charge in [-0.05, 0) is 48.5 Å². The van der Waals surface area contributed by atoms with Gasteiger partial charge in [0, 0.05) is 18.7 Å². The van der Waals surface area contributed by atoms with E-state index in [-0.39, 0.29) is 11.7 Å². The molecule has 0 aliphatic heterocycles. The van der Waals surface area contributed by atoms with E-state index in [0.717, 1.165) is 16.9 Å². The molecule has 0 spiro atoms. The molecular formula is C23H20F2N4O2. The van der Waals surface area contributed by atoms with Crippen LogP contribution in [0.3, 0.4) is 0 Å². The number of carbonyl (C=O) groups excluding carboxylic acids is 1. The standard InChI is InChI=1S/C23H20F2N4O2/c24-23(25)31-16-11-9-15(10-12-16)27-18-6-2-1-5-17(18)22(30)26-14-13-21-28-19-7-3-4-8-20(19)29-21/h1-12,23,27H,13-14H2,(H,26,30)(H,28,29). The van der Waals surface area contributed by atoms with E-state index in [2.05, 4.69) is 25.3 Å². The van der Waals surface area contributed by atoms with Crippen LogP contribution in [-0.2, 0) is 6.42 Å². The van der Waals surface area contributed by atoms with Gasteiger partial charge < -0.3 is 20.4 Å². The molecule has 1 amide bonds. The Labute approximate surface area is 177 Å². The number of aromatic nitrogens is 2. The maximum absolute atomic E-state index is 12.7. The van der Waals surface area contributed by atoms with Gasteiger partial charge in [0.25, 0.3) is 5.91 Å². The number of para-hydroxylation sites is 3. The molecule has 8 heteroatoms. The number of ether oxygens (including phenoxy) is 1. The van der Waals surface area contributed by atoms with Crippen molar-refractivity contribution in [1.29, 1.82) is 0 Å². The van der Waals surface area contributed by atoms with Crippen LogP contribution in [0.1, 0.15) is 16.2 Å². The van der Waals surface area contributed by atoms with Crippen LogP contribution in [-0.4, -0.2) is 29.0 Å². The van der Waals surface area contributed by atoms with Crippen LogP contribution in [0.4, 0.5) is 20.2 Å². The molecule has 0 radical (unpaired) electrons. The Morgan fingerprint density at radius 3 is 2.52 bits per heavy atom. The zero-order valence-electron chi connectivity index (χ0n) is 16.4. The minimum absolute atomic E-state index is 0.0668. The predicted octanol–water partition coefficient (Wildman–Crippen LogP) is 4.88. The zero-order chi connectivity index (χ0) is 21.6. The lowest BCUT2D eigenvalue weighted by molar-refractivity contribution is -0.0498. The maximum atomic E-state index is 12.7. The van der Waals surface area contributed by atoms with Crippen molar-refractivity contribution in [2.45, 2.75) is 13.0 Å². The quantitative estimate of drug-likeness (QED) is 0.378. The molecule has 0 saturated carbocycles. The number of aromatic amines is 1. The fourth-order valence-electron chi connectivity index (χ4n) is 3.18. The summed E-state index contributed by atoms with van der Waals surface area (Å²) in [6.07, 6.45) is 0.571. The number of hydrogen-bond donors (Lipinski definition) is 3. The molecule has 6 nitrogen and oxygen atoms in total. The van der Waals surface area contributed by atoms with Gasteiger partial charge in [-0.2, -0.15) is 8.78 Å². The number of carbonyl (C=O) groups is 1. The molecular weight excluding hydrogens is 402 g/mol. The number of halogens is 2. The fourth-order valence-corrected chi connectivity index (χ4v) is 3.18. The number of nitrogens with one attached hydrogen (secondary N) is 3. The first-order chi connectivity index (χ1) is 15.1. The Bertz CT molecular complexity index is 1140. The summed E-state index contributed by atoms with van der Waals surface area (Å²) in [6.45, 7) is -2.45. The highest BCUT2D eigenvalue weighted by molar-refractivity contribution is 6.00. The predicted molar refractivity (Wildman–Crippen MR) is 115 cm³/mol. The van der Waals surface area contributed by atoms with Crippen molar-refractivity contribution in [3.8, 4) is 5.75 Å². The number of H-pyrrole nitrogens is 1. The average molecular weight is 422 g/mol. The summed E-state index contributed by atoms with van der Waals surface area (Å²) in [4.78, 5) is 20.5. The summed E-state index contributed by atoms with van der Waals surface area (Å²) < 4.78 is 28.9. The summed E-state index contributed by atoms with van der Waals surface area (Å²) in [6, 6.07) is 20.9. The molecule has 0 aliphatic carbocycles. The van der Waals surface area contributed by atoms with Crippen molar-refractivity contribution in [2.75, 3.05) is 11.9 Å². The van der Waals surface area contributed by atoms with E-state index in [1.165, 1.54) is 12.1 Å². The number of amides is 1. The number of benzene rings is 3. The largest absolute Gasteiger partial charge is 0.435 e. The number of nitrogens with zero attached hydrogens (tertiary/aromatic N) is 1. The van der Waals surface area contributed by atoms with Gasteiger partial charge in [0.15, 0.2) is 0 Å². The van der Waals surface area contributed by atoms with Crippen molar-refractivity contribution in [1.82, 2.24) is 15.3 Å². The number of alkyl halides is 2. The lowest BCUT2D eigenvalue weighted by Crippen LogP contribution is -2.26. The van der Waals surface area contributed by atoms with Gasteiger partial charge in [0.1, 0.15) is 11.6 Å². The number of hydrogen-bond acceptors (Lipinski definition) is 4. The highest BCUT2D eigenvalue weighted by atomic mass is 19.3. The average Bonchev–Trinajstić information content (AvgIpc) is 3.18. The number of anilines is 2. The van der Waals surface area contributed by atoms with E-state index in [4.69, 9.17) is 0 Å². The van der Waals surface area contributed by atoms with Crippen molar-refractivity contribution in [3.05, 3.63) is 84.2 Å². The first-order valence-corrected chi connectivity index (χ1v) is 9.71. The second kappa shape index (κ2) is 9.25. The molecule has 31 heavy (non-hydrogen) atoms. The third kappa shape index (κ3) is 5.16. The Hall–Kier alpha value is -3.94. The molecule has 3 aromatic carbocycles. The monoisotopic (exact) mass is 422 g/mol. The van der Waals surface area contributed by atoms with Gasteiger partial charge in [-0.25, -0.2) is 4.98 Å². The molecule has 3 N–H and O–H groups in total. The second-order valence-electron chi connectivity index (χ2n) is 6.78. The van der Waals surface area contributed by atoms with Gasteiger partial charge in [0.2, 0.25) is 0 Å². The Morgan fingerprint density at radius 1 is 1.00 bits per heavy atom. The summed E-state index contributed by atoms with van der Waals surface area (Å²) in [7, 11) is 0. The molecule has 0 atom stereocenters. The van der Waals surface area contributed by atoms with E-state index in [1.807, 2.05) is 30.3 Å². The van der Waals surface area contributed by atoms with Crippen LogP contribution in [0.5, 0.6) is 5.75 Å². The molecule has 0 unspecified atom stereocenters. The molecule has 1 aromatic heterocycles. The maximum Gasteiger partial charge on any atom is 0.387 e. The van der Waals surface area contributed by atoms with Crippen molar-refractivity contribution in [3.63, 3.8) is 0 Å². The highest BCUT2D eigenvalue weighted by Gasteiger charge is 2.12. The lowest BCUT2D eigenvalue weighted by Gasteiger charge is -2.13. The summed E-state index contributed by atoms with van der Waals surface area (Å²) in [5, 5.41) is 6.04. The van der Waals surface area contributed by atoms with Crippen LogP contribution in [0.2, 0.25) is 0 Å². The van der Waals surface area contributed by atoms with Gasteiger partial charge in [-0.3, -0.25) is 4.79 Å². The molecule has 0 saturated heterocycles. The van der Waals surface area contributed by atoms with Crippen molar-refractivity contribution in [2.24, 2.45) is 0 Å². The number of imidazole rings is 1. The van der Waals surface area contributed by atoms with Gasteiger partial charge in [0.05, 0.1) is 22.3 Å². The molecule has 158 valence electrons. The fraction of sp³-hybridized carbons (Fsp3) is 0.130. The van der Waals surface area contributed by atoms with Crippen LogP contribution in [0.25, 0.3) is 11.0 Å². The topological polar surface area (TPSA) is 79.0 Å². The van der Waals surface area contributed by atoms with E-state index in [9.17, 15) is 13.6 Å². The highest BCUT2D eigenvalue weighted by Crippen LogP contribution is 2.23. The minimum atomic E-state index is -2.87. The lowest BCUT2D eigenvalue weighted by atomic mass is 10.1. The third-order valence-corrected chi connectivity index (χ3v) is 4.62. The molecule has 4 aromatic rings. The molecule has 0 bridgehead atoms. The van der Waals surface area contributed by atoms with E-state index in [0.29, 0.717) is 29.9 Å². The Balaban J connectivity index is 1.38. The van der Waals surface area contributed by atoms with E-state index < -0.39 is 6.61 Å². The molecule has 4 rings (SSSR count). The van der Waals surface area contributed by atoms with Gasteiger partial charge >= 0.3 is 6.61 Å². The SMILES string of the molecule is O=C(NCCc1nc2ccccc2[nH]1)c1ccccc1Nc1ccc(OC(F)F)cc1. The first kappa shape index (κ1) is 20.3. The minimum Gasteiger partial charge on any atom is -0.435 e. The normalized spacial score (nSPS) is 10.9. The zero-order valence-corrected chi connectivity index (χ0v) is 16.4. The summed E-state index contributed by atoms with van der Waals surface area (Å²) in [5.74, 6) is 0.646. The number of fused-ring (bicyclic) bond motifs is 1. The first-order valence-electron chi connectivity index (χ1n) is 9.71. The van der Waals surface area contributed by atoms with Crippen LogP contribution < -0.4 is 15.4 Å². The van der Waals surface area contributed by atoms with E-state index >= 15 is 0 Å². The van der Waals surface area contributed by atoms with Gasteiger partial charge in [-0.15, -0.1) is 0 Å². The molecule has 0 fully saturated rings. The van der Waals surface area contributed by atoms with Crippen molar-refractivity contribution < 1.29 is 18.3 Å². The smallest absolute Gasteiger partial charge is 0.387 e. The van der Waals surface area contributed by atoms with Crippen molar-refractivity contribution >= 4 is 28.3 Å². The van der Waals surface area contributed by atoms with Crippen LogP contribution in [0, 0.1) is 0 Å². The summed E-state index contributed by atoms with van der Waals surface area (Å²) in [5.41, 5.74) is 3.57. The molecule has 0 aliphatic rings. The van der Waals surface area contributed by atoms with Crippen LogP contribution in [0.15, 0.2) is 72.8 Å². The Kier molecular flexibility index (Phi) is 6.07. The van der Waals surface area contributed by atoms with E-state index in [1.54, 1.807) is 30.3 Å². The Morgan fingerprint density at radius 2 is 1.74 bits per heavy atom. The second-order valence-corrected chi connectivity index (χ2v) is 6.78. The van der Waals surface area contributed by atoms with Gasteiger partial charge in [-0.1, -0.05) is 24.3 Å². The number of rotatable bonds is 8. The third-order valence-electron chi connectivity index (χ3n) is 4.62.